The number of hydrogen-bond donors (Lipinski definition) is 2. The molecule has 1 saturated carbocycles. The lowest BCUT2D eigenvalue weighted by atomic mass is 10.2. The third kappa shape index (κ3) is 4.75. The van der Waals surface area contributed by atoms with Crippen molar-refractivity contribution in [2.24, 2.45) is 0 Å². The highest BCUT2D eigenvalue weighted by molar-refractivity contribution is 7.91. The molecule has 2 N–H and O–H groups in total. The first kappa shape index (κ1) is 20.0. The predicted molar refractivity (Wildman–Crippen MR) is 104 cm³/mol. The van der Waals surface area contributed by atoms with Crippen LogP contribution >= 0.6 is 0 Å². The van der Waals surface area contributed by atoms with Gasteiger partial charge in [-0.3, -0.25) is 14.6 Å². The van der Waals surface area contributed by atoms with E-state index >= 15 is 0 Å². The van der Waals surface area contributed by atoms with Crippen LogP contribution in [0.5, 0.6) is 0 Å². The summed E-state index contributed by atoms with van der Waals surface area (Å²) in [6, 6.07) is 11.3. The minimum absolute atomic E-state index is 0.0143. The first-order valence-corrected chi connectivity index (χ1v) is 10.8. The zero-order valence-electron chi connectivity index (χ0n) is 15.4. The van der Waals surface area contributed by atoms with Gasteiger partial charge in [0.15, 0.2) is 9.84 Å². The molecular formula is C20H23N3O4S. The van der Waals surface area contributed by atoms with Crippen molar-refractivity contribution >= 4 is 21.7 Å². The second kappa shape index (κ2) is 8.97. The smallest absolute Gasteiger partial charge is 0.309 e. The second-order valence-electron chi connectivity index (χ2n) is 6.80. The van der Waals surface area contributed by atoms with Gasteiger partial charge in [0.25, 0.3) is 0 Å². The predicted octanol–water partition coefficient (Wildman–Crippen LogP) is 1.77. The van der Waals surface area contributed by atoms with E-state index in [1.807, 2.05) is 0 Å². The van der Waals surface area contributed by atoms with Gasteiger partial charge in [-0.1, -0.05) is 37.1 Å². The molecule has 1 aliphatic rings. The molecule has 0 bridgehead atoms. The highest BCUT2D eigenvalue weighted by atomic mass is 32.2. The van der Waals surface area contributed by atoms with Crippen molar-refractivity contribution in [2.45, 2.75) is 41.9 Å². The van der Waals surface area contributed by atoms with Crippen LogP contribution in [0.15, 0.2) is 59.8 Å². The van der Waals surface area contributed by atoms with Crippen LogP contribution in [0.1, 0.15) is 36.5 Å². The standard InChI is InChI=1S/C20H23N3O4S/c24-19(20(25)23-16-8-4-5-9-16)22-14-18(15-7-6-12-21-13-15)28(26,27)17-10-2-1-3-11-17/h1-3,6-7,10-13,16,18H,4-5,8-9,14H2,(H,22,24)(H,23,25)/t18-/m0/s1. The van der Waals surface area contributed by atoms with E-state index in [0.29, 0.717) is 5.56 Å². The Labute approximate surface area is 164 Å². The van der Waals surface area contributed by atoms with Gasteiger partial charge in [0.05, 0.1) is 4.90 Å². The Kier molecular flexibility index (Phi) is 6.41. The molecule has 1 aromatic heterocycles. The molecule has 1 aliphatic carbocycles. The van der Waals surface area contributed by atoms with Gasteiger partial charge in [-0.25, -0.2) is 8.42 Å². The molecule has 0 unspecified atom stereocenters. The fraction of sp³-hybridized carbons (Fsp3) is 0.350. The molecule has 2 amide bonds. The summed E-state index contributed by atoms with van der Waals surface area (Å²) in [5.74, 6) is -1.56. The number of rotatable bonds is 6. The monoisotopic (exact) mass is 401 g/mol. The lowest BCUT2D eigenvalue weighted by Gasteiger charge is -2.19. The molecule has 2 aromatic rings. The Morgan fingerprint density at radius 2 is 1.75 bits per heavy atom. The van der Waals surface area contributed by atoms with Gasteiger partial charge in [-0.2, -0.15) is 0 Å². The Bertz CT molecular complexity index is 911. The number of nitrogens with zero attached hydrogens (tertiary/aromatic N) is 1. The summed E-state index contributed by atoms with van der Waals surface area (Å²) in [6.45, 7) is -0.222. The number of benzene rings is 1. The maximum Gasteiger partial charge on any atom is 0.309 e. The summed E-state index contributed by atoms with van der Waals surface area (Å²) in [4.78, 5) is 28.4. The van der Waals surface area contributed by atoms with Crippen LogP contribution in [0.2, 0.25) is 0 Å². The molecule has 1 fully saturated rings. The van der Waals surface area contributed by atoms with Crippen LogP contribution in [0, 0.1) is 0 Å². The van der Waals surface area contributed by atoms with Gasteiger partial charge in [0.1, 0.15) is 5.25 Å². The molecule has 0 aliphatic heterocycles. The lowest BCUT2D eigenvalue weighted by molar-refractivity contribution is -0.139. The van der Waals surface area contributed by atoms with E-state index in [-0.39, 0.29) is 17.5 Å². The third-order valence-corrected chi connectivity index (χ3v) is 6.96. The molecule has 1 atom stereocenters. The van der Waals surface area contributed by atoms with Gasteiger partial charge in [-0.15, -0.1) is 0 Å². The van der Waals surface area contributed by atoms with Crippen molar-refractivity contribution in [3.8, 4) is 0 Å². The number of nitrogens with one attached hydrogen (secondary N) is 2. The minimum Gasteiger partial charge on any atom is -0.346 e. The zero-order chi connectivity index (χ0) is 20.0. The SMILES string of the molecule is O=C(NC[C@@H](c1cccnc1)S(=O)(=O)c1ccccc1)C(=O)NC1CCCC1. The maximum absolute atomic E-state index is 13.1. The van der Waals surface area contributed by atoms with E-state index in [2.05, 4.69) is 15.6 Å². The second-order valence-corrected chi connectivity index (χ2v) is 8.93. The number of hydrogen-bond acceptors (Lipinski definition) is 5. The average Bonchev–Trinajstić information content (AvgIpc) is 3.22. The summed E-state index contributed by atoms with van der Waals surface area (Å²) in [6.07, 6.45) is 6.79. The van der Waals surface area contributed by atoms with Gasteiger partial charge < -0.3 is 10.6 Å². The van der Waals surface area contributed by atoms with Crippen molar-refractivity contribution in [3.05, 3.63) is 60.4 Å². The summed E-state index contributed by atoms with van der Waals surface area (Å²) >= 11 is 0. The minimum atomic E-state index is -3.78. The van der Waals surface area contributed by atoms with Gasteiger partial charge in [0, 0.05) is 25.0 Å². The molecule has 0 saturated heterocycles. The molecule has 3 rings (SSSR count). The van der Waals surface area contributed by atoms with Crippen molar-refractivity contribution in [2.75, 3.05) is 6.54 Å². The summed E-state index contributed by atoms with van der Waals surface area (Å²) in [5, 5.41) is 4.12. The summed E-state index contributed by atoms with van der Waals surface area (Å²) in [7, 11) is -3.78. The van der Waals surface area contributed by atoms with Crippen LogP contribution < -0.4 is 10.6 Å². The number of pyridine rings is 1. The fourth-order valence-electron chi connectivity index (χ4n) is 3.33. The van der Waals surface area contributed by atoms with E-state index in [0.717, 1.165) is 25.7 Å². The number of amides is 2. The largest absolute Gasteiger partial charge is 0.346 e. The van der Waals surface area contributed by atoms with Crippen molar-refractivity contribution < 1.29 is 18.0 Å². The normalized spacial score (nSPS) is 15.7. The highest BCUT2D eigenvalue weighted by Crippen LogP contribution is 2.28. The molecule has 148 valence electrons. The molecular weight excluding hydrogens is 378 g/mol. The summed E-state index contributed by atoms with van der Waals surface area (Å²) < 4.78 is 26.2. The van der Waals surface area contributed by atoms with Crippen molar-refractivity contribution in [1.82, 2.24) is 15.6 Å². The first-order chi connectivity index (χ1) is 13.5. The van der Waals surface area contributed by atoms with Crippen LogP contribution in [0.3, 0.4) is 0 Å². The van der Waals surface area contributed by atoms with Crippen molar-refractivity contribution in [3.63, 3.8) is 0 Å². The number of carbonyl (C=O) groups is 2. The van der Waals surface area contributed by atoms with Gasteiger partial charge >= 0.3 is 11.8 Å². The average molecular weight is 401 g/mol. The molecule has 0 spiro atoms. The van der Waals surface area contributed by atoms with Gasteiger partial charge in [-0.05, 0) is 36.6 Å². The topological polar surface area (TPSA) is 105 Å². The fourth-order valence-corrected chi connectivity index (χ4v) is 5.00. The van der Waals surface area contributed by atoms with Crippen LogP contribution in [0.25, 0.3) is 0 Å². The van der Waals surface area contributed by atoms with Crippen molar-refractivity contribution in [1.29, 1.82) is 0 Å². The molecule has 7 nitrogen and oxygen atoms in total. The highest BCUT2D eigenvalue weighted by Gasteiger charge is 2.31. The van der Waals surface area contributed by atoms with Crippen LogP contribution in [-0.2, 0) is 19.4 Å². The van der Waals surface area contributed by atoms with E-state index in [1.165, 1.54) is 18.3 Å². The molecule has 28 heavy (non-hydrogen) atoms. The van der Waals surface area contributed by atoms with Gasteiger partial charge in [0.2, 0.25) is 0 Å². The van der Waals surface area contributed by atoms with E-state index < -0.39 is 26.9 Å². The Morgan fingerprint density at radius 3 is 2.39 bits per heavy atom. The Hall–Kier alpha value is -2.74. The molecule has 1 aromatic carbocycles. The Balaban J connectivity index is 1.75. The van der Waals surface area contributed by atoms with Crippen LogP contribution in [0.4, 0.5) is 0 Å². The maximum atomic E-state index is 13.1. The first-order valence-electron chi connectivity index (χ1n) is 9.26. The zero-order valence-corrected chi connectivity index (χ0v) is 16.2. The number of carbonyl (C=O) groups excluding carboxylic acids is 2. The summed E-state index contributed by atoms with van der Waals surface area (Å²) in [5.41, 5.74) is 0.447. The quantitative estimate of drug-likeness (QED) is 0.718. The van der Waals surface area contributed by atoms with E-state index in [4.69, 9.17) is 0 Å². The van der Waals surface area contributed by atoms with E-state index in [1.54, 1.807) is 36.5 Å². The number of sulfone groups is 1. The third-order valence-electron chi connectivity index (χ3n) is 4.85. The molecule has 0 radical (unpaired) electrons. The van der Waals surface area contributed by atoms with E-state index in [9.17, 15) is 18.0 Å². The Morgan fingerprint density at radius 1 is 1.04 bits per heavy atom. The van der Waals surface area contributed by atoms with Crippen LogP contribution in [-0.4, -0.2) is 37.8 Å². The number of aromatic nitrogens is 1. The molecule has 8 heteroatoms. The lowest BCUT2D eigenvalue weighted by Crippen LogP contribution is -2.45. The molecule has 1 heterocycles.